The van der Waals surface area contributed by atoms with Gasteiger partial charge in [0, 0.05) is 10.9 Å². The molecule has 0 aliphatic carbocycles. The molecule has 0 saturated heterocycles. The van der Waals surface area contributed by atoms with Crippen molar-refractivity contribution in [3.63, 3.8) is 0 Å². The topological polar surface area (TPSA) is 64.3 Å². The van der Waals surface area contributed by atoms with Crippen LogP contribution in [0.25, 0.3) is 0 Å². The summed E-state index contributed by atoms with van der Waals surface area (Å²) in [7, 11) is 0. The van der Waals surface area contributed by atoms with Gasteiger partial charge in [0.15, 0.2) is 0 Å². The van der Waals surface area contributed by atoms with E-state index in [1.165, 1.54) is 0 Å². The number of nitrogen functional groups attached to an aromatic ring is 1. The number of alkyl halides is 1. The lowest BCUT2D eigenvalue weighted by molar-refractivity contribution is 0.0525. The molecule has 1 aromatic carbocycles. The van der Waals surface area contributed by atoms with E-state index in [-0.39, 0.29) is 5.97 Å². The van der Waals surface area contributed by atoms with Crippen LogP contribution in [0.5, 0.6) is 0 Å². The van der Waals surface area contributed by atoms with Crippen LogP contribution in [0.4, 0.5) is 5.69 Å². The van der Waals surface area contributed by atoms with Gasteiger partial charge in [0.25, 0.3) is 0 Å². The van der Waals surface area contributed by atoms with Gasteiger partial charge in [0.2, 0.25) is 0 Å². The van der Waals surface area contributed by atoms with Crippen LogP contribution in [0.2, 0.25) is 0 Å². The summed E-state index contributed by atoms with van der Waals surface area (Å²) in [6, 6.07) is 5.28. The molecule has 0 unspecified atom stereocenters. The normalized spacial score (nSPS) is 9.80. The highest BCUT2D eigenvalue weighted by atomic mass is 79.9. The number of hydrogen-bond acceptors (Lipinski definition) is 4. The molecule has 0 radical (unpaired) electrons. The van der Waals surface area contributed by atoms with Crippen molar-refractivity contribution in [2.75, 3.05) is 12.0 Å². The predicted molar refractivity (Wildman–Crippen MR) is 62.8 cm³/mol. The molecular weight excluding hydrogens is 260 g/mol. The van der Waals surface area contributed by atoms with Gasteiger partial charge < -0.3 is 10.2 Å². The maximum absolute atomic E-state index is 11.6. The van der Waals surface area contributed by atoms with Crippen molar-refractivity contribution in [3.05, 3.63) is 29.3 Å². The maximum Gasteiger partial charge on any atom is 0.338 e. The van der Waals surface area contributed by atoms with Gasteiger partial charge in [0.05, 0.1) is 17.9 Å². The van der Waals surface area contributed by atoms with Crippen molar-refractivity contribution in [2.45, 2.75) is 12.3 Å². The van der Waals surface area contributed by atoms with Crippen molar-refractivity contribution in [2.24, 2.45) is 5.84 Å². The summed E-state index contributed by atoms with van der Waals surface area (Å²) in [6.45, 7) is 2.14. The summed E-state index contributed by atoms with van der Waals surface area (Å²) < 4.78 is 4.94. The van der Waals surface area contributed by atoms with Crippen LogP contribution in [0.15, 0.2) is 18.2 Å². The molecule has 1 rings (SSSR count). The van der Waals surface area contributed by atoms with Crippen molar-refractivity contribution in [1.29, 1.82) is 0 Å². The fourth-order valence-corrected chi connectivity index (χ4v) is 1.87. The van der Waals surface area contributed by atoms with E-state index in [9.17, 15) is 4.79 Å². The number of carbonyl (C=O) groups is 1. The summed E-state index contributed by atoms with van der Waals surface area (Å²) in [6.07, 6.45) is 0. The average molecular weight is 273 g/mol. The molecule has 0 fully saturated rings. The standard InChI is InChI=1S/C10H13BrN2O2/c1-2-15-10(14)7-4-3-5-9(13-12)8(7)6-11/h3-5,13H,2,6,12H2,1H3. The van der Waals surface area contributed by atoms with Gasteiger partial charge in [-0.2, -0.15) is 0 Å². The smallest absolute Gasteiger partial charge is 0.338 e. The number of ether oxygens (including phenoxy) is 1. The summed E-state index contributed by atoms with van der Waals surface area (Å²) >= 11 is 3.32. The fourth-order valence-electron chi connectivity index (χ4n) is 1.27. The first-order chi connectivity index (χ1) is 7.24. The Hall–Kier alpha value is -1.07. The Labute approximate surface area is 96.9 Å². The minimum Gasteiger partial charge on any atom is -0.462 e. The van der Waals surface area contributed by atoms with E-state index in [2.05, 4.69) is 21.4 Å². The van der Waals surface area contributed by atoms with Gasteiger partial charge >= 0.3 is 5.97 Å². The third-order valence-corrected chi connectivity index (χ3v) is 2.52. The molecule has 0 bridgehead atoms. The number of benzene rings is 1. The second-order valence-electron chi connectivity index (χ2n) is 2.83. The molecule has 0 atom stereocenters. The first-order valence-electron chi connectivity index (χ1n) is 4.56. The average Bonchev–Trinajstić information content (AvgIpc) is 2.28. The Morgan fingerprint density at radius 2 is 2.33 bits per heavy atom. The van der Waals surface area contributed by atoms with Gasteiger partial charge in [0.1, 0.15) is 0 Å². The minimum atomic E-state index is -0.330. The molecule has 0 aliphatic heterocycles. The van der Waals surface area contributed by atoms with Crippen LogP contribution in [0.3, 0.4) is 0 Å². The molecule has 4 nitrogen and oxygen atoms in total. The number of halogens is 1. The molecule has 0 aromatic heterocycles. The zero-order valence-corrected chi connectivity index (χ0v) is 10.0. The van der Waals surface area contributed by atoms with E-state index >= 15 is 0 Å². The Morgan fingerprint density at radius 1 is 1.60 bits per heavy atom. The van der Waals surface area contributed by atoms with E-state index in [0.29, 0.717) is 17.5 Å². The van der Waals surface area contributed by atoms with Crippen LogP contribution in [-0.2, 0) is 10.1 Å². The zero-order valence-electron chi connectivity index (χ0n) is 8.42. The van der Waals surface area contributed by atoms with Gasteiger partial charge in [-0.3, -0.25) is 5.84 Å². The first kappa shape index (κ1) is 12.0. The molecular formula is C10H13BrN2O2. The van der Waals surface area contributed by atoms with Crippen LogP contribution in [0, 0.1) is 0 Å². The first-order valence-corrected chi connectivity index (χ1v) is 5.68. The Bertz CT molecular complexity index is 355. The van der Waals surface area contributed by atoms with Crippen LogP contribution >= 0.6 is 15.9 Å². The minimum absolute atomic E-state index is 0.330. The van der Waals surface area contributed by atoms with E-state index in [4.69, 9.17) is 10.6 Å². The molecule has 15 heavy (non-hydrogen) atoms. The van der Waals surface area contributed by atoms with Crippen molar-refractivity contribution >= 4 is 27.6 Å². The van der Waals surface area contributed by atoms with Gasteiger partial charge in [-0.15, -0.1) is 0 Å². The van der Waals surface area contributed by atoms with Gasteiger partial charge in [-0.05, 0) is 19.1 Å². The monoisotopic (exact) mass is 272 g/mol. The third-order valence-electron chi connectivity index (χ3n) is 1.96. The number of nitrogens with one attached hydrogen (secondary N) is 1. The number of anilines is 1. The molecule has 3 N–H and O–H groups in total. The molecule has 5 heteroatoms. The lowest BCUT2D eigenvalue weighted by Crippen LogP contribution is -2.13. The molecule has 0 aliphatic rings. The second kappa shape index (κ2) is 5.72. The fraction of sp³-hybridized carbons (Fsp3) is 0.300. The van der Waals surface area contributed by atoms with Gasteiger partial charge in [-0.1, -0.05) is 22.0 Å². The Kier molecular flexibility index (Phi) is 4.58. The van der Waals surface area contributed by atoms with Gasteiger partial charge in [-0.25, -0.2) is 4.79 Å². The summed E-state index contributed by atoms with van der Waals surface area (Å²) in [5.41, 5.74) is 4.60. The number of rotatable bonds is 4. The highest BCUT2D eigenvalue weighted by Crippen LogP contribution is 2.22. The molecule has 0 saturated carbocycles. The maximum atomic E-state index is 11.6. The van der Waals surface area contributed by atoms with Crippen LogP contribution < -0.4 is 11.3 Å². The Balaban J connectivity index is 3.11. The van der Waals surface area contributed by atoms with E-state index in [0.717, 1.165) is 11.3 Å². The van der Waals surface area contributed by atoms with Crippen LogP contribution in [-0.4, -0.2) is 12.6 Å². The highest BCUT2D eigenvalue weighted by molar-refractivity contribution is 9.08. The van der Waals surface area contributed by atoms with E-state index in [1.807, 2.05) is 0 Å². The zero-order chi connectivity index (χ0) is 11.3. The third kappa shape index (κ3) is 2.70. The lowest BCUT2D eigenvalue weighted by atomic mass is 10.1. The summed E-state index contributed by atoms with van der Waals surface area (Å²) in [4.78, 5) is 11.6. The number of hydrazine groups is 1. The van der Waals surface area contributed by atoms with E-state index < -0.39 is 0 Å². The lowest BCUT2D eigenvalue weighted by Gasteiger charge is -2.11. The van der Waals surface area contributed by atoms with Crippen molar-refractivity contribution < 1.29 is 9.53 Å². The summed E-state index contributed by atoms with van der Waals surface area (Å²) in [5.74, 6) is 5.02. The quantitative estimate of drug-likeness (QED) is 0.381. The Morgan fingerprint density at radius 3 is 2.87 bits per heavy atom. The molecule has 1 aromatic rings. The number of hydrogen-bond donors (Lipinski definition) is 2. The molecule has 0 spiro atoms. The van der Waals surface area contributed by atoms with E-state index in [1.54, 1.807) is 25.1 Å². The number of carbonyl (C=O) groups excluding carboxylic acids is 1. The number of nitrogens with two attached hydrogens (primary N) is 1. The highest BCUT2D eigenvalue weighted by Gasteiger charge is 2.14. The number of esters is 1. The predicted octanol–water partition coefficient (Wildman–Crippen LogP) is 2.04. The molecule has 82 valence electrons. The summed E-state index contributed by atoms with van der Waals surface area (Å²) in [5, 5.41) is 0.543. The molecule has 0 amide bonds. The second-order valence-corrected chi connectivity index (χ2v) is 3.39. The largest absolute Gasteiger partial charge is 0.462 e. The van der Waals surface area contributed by atoms with Crippen molar-refractivity contribution in [1.82, 2.24) is 0 Å². The van der Waals surface area contributed by atoms with Crippen LogP contribution in [0.1, 0.15) is 22.8 Å². The SMILES string of the molecule is CCOC(=O)c1cccc(NN)c1CBr. The molecule has 0 heterocycles. The van der Waals surface area contributed by atoms with Crippen molar-refractivity contribution in [3.8, 4) is 0 Å².